The number of phenolic OH excluding ortho intramolecular Hbond substituents is 2. The van der Waals surface area contributed by atoms with Crippen molar-refractivity contribution in [3.05, 3.63) is 54.1 Å². The quantitative estimate of drug-likeness (QED) is 0.259. The van der Waals surface area contributed by atoms with Gasteiger partial charge in [-0.1, -0.05) is 6.07 Å². The van der Waals surface area contributed by atoms with E-state index in [4.69, 9.17) is 9.39 Å². The van der Waals surface area contributed by atoms with Gasteiger partial charge in [-0.15, -0.1) is 15.0 Å². The van der Waals surface area contributed by atoms with Gasteiger partial charge in [0.15, 0.2) is 0 Å². The van der Waals surface area contributed by atoms with E-state index in [0.717, 1.165) is 30.3 Å². The van der Waals surface area contributed by atoms with Crippen LogP contribution in [0.15, 0.2) is 63.7 Å². The minimum Gasteiger partial charge on any atom is -0.506 e. The molecule has 0 amide bonds. The second kappa shape index (κ2) is 8.95. The molecular weight excluding hydrogens is 446 g/mol. The summed E-state index contributed by atoms with van der Waals surface area (Å²) in [5.74, 6) is -2.34. The Morgan fingerprint density at radius 1 is 0.875 bits per heavy atom. The lowest BCUT2D eigenvalue weighted by molar-refractivity contribution is -0.145. The molecule has 2 aromatic carbocycles. The first kappa shape index (κ1) is 22.6. The Kier molecular flexibility index (Phi) is 6.32. The van der Waals surface area contributed by atoms with Crippen LogP contribution in [0.5, 0.6) is 23.3 Å². The molecule has 0 aliphatic carbocycles. The smallest absolute Gasteiger partial charge is 0.333 e. The standard InChI is InChI=1S/C19H17N3O9S/c23-15-4-1-11(2-8-19(27)31-22-17(25)6-7-18(22)26)9-13(15)20-21-14-10-12(32(28,29)30)3-5-16(14)24/h1,3-7,9-10,23-26H,2,8H2,(H,28,29,30). The van der Waals surface area contributed by atoms with Crippen molar-refractivity contribution in [1.82, 2.24) is 4.73 Å². The zero-order valence-electron chi connectivity index (χ0n) is 16.2. The molecule has 12 nitrogen and oxygen atoms in total. The van der Waals surface area contributed by atoms with Crippen molar-refractivity contribution < 1.29 is 43.0 Å². The van der Waals surface area contributed by atoms with Crippen molar-refractivity contribution >= 4 is 27.5 Å². The maximum absolute atomic E-state index is 11.9. The third-order valence-electron chi connectivity index (χ3n) is 4.16. The van der Waals surface area contributed by atoms with E-state index in [1.165, 1.54) is 18.2 Å². The fourth-order valence-corrected chi connectivity index (χ4v) is 3.05. The minimum absolute atomic E-state index is 0.0341. The number of carbonyl (C=O) groups excluding carboxylic acids is 1. The third-order valence-corrected chi connectivity index (χ3v) is 5.01. The van der Waals surface area contributed by atoms with E-state index in [1.807, 2.05) is 0 Å². The molecule has 0 spiro atoms. The van der Waals surface area contributed by atoms with E-state index in [0.29, 0.717) is 10.3 Å². The van der Waals surface area contributed by atoms with Crippen LogP contribution >= 0.6 is 0 Å². The molecule has 0 atom stereocenters. The molecule has 0 unspecified atom stereocenters. The molecule has 168 valence electrons. The van der Waals surface area contributed by atoms with Crippen molar-refractivity contribution in [3.63, 3.8) is 0 Å². The van der Waals surface area contributed by atoms with Crippen molar-refractivity contribution in [3.8, 4) is 23.3 Å². The van der Waals surface area contributed by atoms with Crippen LogP contribution in [0.1, 0.15) is 12.0 Å². The second-order valence-electron chi connectivity index (χ2n) is 6.46. The van der Waals surface area contributed by atoms with Crippen molar-refractivity contribution in [2.45, 2.75) is 17.7 Å². The molecule has 0 saturated carbocycles. The van der Waals surface area contributed by atoms with Gasteiger partial charge in [0, 0.05) is 12.1 Å². The third kappa shape index (κ3) is 5.33. The predicted molar refractivity (Wildman–Crippen MR) is 108 cm³/mol. The van der Waals surface area contributed by atoms with E-state index in [1.54, 1.807) is 0 Å². The van der Waals surface area contributed by atoms with Gasteiger partial charge in [0.2, 0.25) is 11.8 Å². The fraction of sp³-hybridized carbons (Fsp3) is 0.105. The highest BCUT2D eigenvalue weighted by Crippen LogP contribution is 2.33. The monoisotopic (exact) mass is 463 g/mol. The number of hydrogen-bond acceptors (Lipinski definition) is 10. The van der Waals surface area contributed by atoms with Crippen LogP contribution in [0.25, 0.3) is 0 Å². The van der Waals surface area contributed by atoms with E-state index in [2.05, 4.69) is 10.2 Å². The number of rotatable bonds is 7. The Bertz CT molecular complexity index is 1280. The lowest BCUT2D eigenvalue weighted by Crippen LogP contribution is -2.19. The highest BCUT2D eigenvalue weighted by atomic mass is 32.2. The van der Waals surface area contributed by atoms with Crippen LogP contribution in [0, 0.1) is 0 Å². The van der Waals surface area contributed by atoms with Gasteiger partial charge < -0.3 is 25.3 Å². The SMILES string of the molecule is O=C(CCc1ccc(O)c(N=Nc2cc(S(=O)(=O)O)ccc2O)c1)On1c(O)ccc1O. The molecule has 0 aliphatic rings. The van der Waals surface area contributed by atoms with Gasteiger partial charge in [0.05, 0.1) is 11.3 Å². The Morgan fingerprint density at radius 3 is 2.03 bits per heavy atom. The first-order valence-corrected chi connectivity index (χ1v) is 10.3. The van der Waals surface area contributed by atoms with Gasteiger partial charge in [-0.25, -0.2) is 4.79 Å². The maximum Gasteiger partial charge on any atom is 0.333 e. The number of aromatic hydroxyl groups is 4. The number of benzene rings is 2. The van der Waals surface area contributed by atoms with Crippen LogP contribution in [0.3, 0.4) is 0 Å². The van der Waals surface area contributed by atoms with Gasteiger partial charge in [0.1, 0.15) is 22.9 Å². The summed E-state index contributed by atoms with van der Waals surface area (Å²) in [5.41, 5.74) is 0.249. The Balaban J connectivity index is 1.73. The molecule has 0 saturated heterocycles. The van der Waals surface area contributed by atoms with E-state index in [-0.39, 0.29) is 30.0 Å². The minimum atomic E-state index is -4.52. The molecule has 0 fully saturated rings. The molecule has 1 aromatic heterocycles. The molecule has 1 heterocycles. The van der Waals surface area contributed by atoms with Gasteiger partial charge in [-0.05, 0) is 42.3 Å². The Labute approximate surface area is 181 Å². The van der Waals surface area contributed by atoms with Crippen LogP contribution in [0.4, 0.5) is 11.4 Å². The van der Waals surface area contributed by atoms with Gasteiger partial charge in [0.25, 0.3) is 10.1 Å². The molecule has 3 aromatic rings. The number of carbonyl (C=O) groups is 1. The topological polar surface area (TPSA) is 191 Å². The second-order valence-corrected chi connectivity index (χ2v) is 7.88. The number of aromatic nitrogens is 1. The first-order valence-electron chi connectivity index (χ1n) is 8.89. The van der Waals surface area contributed by atoms with Gasteiger partial charge in [-0.3, -0.25) is 4.55 Å². The average molecular weight is 463 g/mol. The largest absolute Gasteiger partial charge is 0.506 e. The fourth-order valence-electron chi connectivity index (χ4n) is 2.55. The van der Waals surface area contributed by atoms with Gasteiger partial charge >= 0.3 is 5.97 Å². The van der Waals surface area contributed by atoms with E-state index in [9.17, 15) is 33.6 Å². The number of azo groups is 1. The first-order chi connectivity index (χ1) is 15.0. The summed E-state index contributed by atoms with van der Waals surface area (Å²) in [6, 6.07) is 9.40. The molecule has 5 N–H and O–H groups in total. The van der Waals surface area contributed by atoms with Crippen LogP contribution < -0.4 is 4.84 Å². The molecule has 13 heteroatoms. The predicted octanol–water partition coefficient (Wildman–Crippen LogP) is 2.56. The summed E-state index contributed by atoms with van der Waals surface area (Å²) >= 11 is 0. The molecular formula is C19H17N3O9S. The summed E-state index contributed by atoms with van der Waals surface area (Å²) in [4.78, 5) is 16.3. The molecule has 0 radical (unpaired) electrons. The lowest BCUT2D eigenvalue weighted by atomic mass is 10.1. The zero-order valence-corrected chi connectivity index (χ0v) is 17.0. The van der Waals surface area contributed by atoms with Crippen LogP contribution in [-0.2, 0) is 21.3 Å². The van der Waals surface area contributed by atoms with E-state index < -0.39 is 38.5 Å². The van der Waals surface area contributed by atoms with Gasteiger partial charge in [-0.2, -0.15) is 8.42 Å². The Hall–Kier alpha value is -4.10. The van der Waals surface area contributed by atoms with Crippen molar-refractivity contribution in [2.24, 2.45) is 10.2 Å². The normalized spacial score (nSPS) is 11.7. The van der Waals surface area contributed by atoms with Crippen molar-refractivity contribution in [1.29, 1.82) is 0 Å². The summed E-state index contributed by atoms with van der Waals surface area (Å²) in [5, 5.41) is 46.2. The Morgan fingerprint density at radius 2 is 1.44 bits per heavy atom. The van der Waals surface area contributed by atoms with E-state index >= 15 is 0 Å². The zero-order chi connectivity index (χ0) is 23.5. The van der Waals surface area contributed by atoms with Crippen LogP contribution in [0.2, 0.25) is 0 Å². The van der Waals surface area contributed by atoms with Crippen LogP contribution in [-0.4, -0.2) is 44.1 Å². The molecule has 32 heavy (non-hydrogen) atoms. The lowest BCUT2D eigenvalue weighted by Gasteiger charge is -2.07. The number of aryl methyl sites for hydroxylation is 1. The highest BCUT2D eigenvalue weighted by Gasteiger charge is 2.14. The highest BCUT2D eigenvalue weighted by molar-refractivity contribution is 7.85. The number of hydrogen-bond donors (Lipinski definition) is 5. The molecule has 0 aliphatic heterocycles. The summed E-state index contributed by atoms with van der Waals surface area (Å²) in [6.45, 7) is 0. The summed E-state index contributed by atoms with van der Waals surface area (Å²) in [6.07, 6.45) is 0.00350. The summed E-state index contributed by atoms with van der Waals surface area (Å²) in [7, 11) is -4.52. The molecule has 3 rings (SSSR count). The number of phenols is 2. The van der Waals surface area contributed by atoms with Crippen molar-refractivity contribution in [2.75, 3.05) is 0 Å². The average Bonchev–Trinajstić information content (AvgIpc) is 3.04. The number of nitrogens with zero attached hydrogens (tertiary/aromatic N) is 3. The maximum atomic E-state index is 11.9. The molecule has 0 bridgehead atoms. The summed E-state index contributed by atoms with van der Waals surface area (Å²) < 4.78 is 32.1.